The van der Waals surface area contributed by atoms with Crippen molar-refractivity contribution >= 4 is 12.0 Å². The summed E-state index contributed by atoms with van der Waals surface area (Å²) in [5.41, 5.74) is 0. The quantitative estimate of drug-likeness (QED) is 0.787. The molecule has 8 heteroatoms. The van der Waals surface area contributed by atoms with Crippen LogP contribution in [0.25, 0.3) is 0 Å². The van der Waals surface area contributed by atoms with Gasteiger partial charge in [-0.05, 0) is 18.8 Å². The number of hydrogen-bond acceptors (Lipinski definition) is 3. The average Bonchev–Trinajstić information content (AvgIpc) is 2.36. The molecule has 0 aromatic heterocycles. The number of carboxylic acid groups (broad SMARTS) is 1. The summed E-state index contributed by atoms with van der Waals surface area (Å²) in [5.74, 6) is -1.36. The van der Waals surface area contributed by atoms with E-state index in [1.54, 1.807) is 6.92 Å². The molecule has 116 valence electrons. The predicted molar refractivity (Wildman–Crippen MR) is 66.6 cm³/mol. The molecular formula is C12H20F2N2O4. The van der Waals surface area contributed by atoms with Crippen LogP contribution >= 0.6 is 0 Å². The molecule has 2 amide bonds. The van der Waals surface area contributed by atoms with Gasteiger partial charge in [0.15, 0.2) is 0 Å². The minimum atomic E-state index is -2.73. The van der Waals surface area contributed by atoms with E-state index in [0.29, 0.717) is 12.8 Å². The van der Waals surface area contributed by atoms with Gasteiger partial charge < -0.3 is 20.0 Å². The summed E-state index contributed by atoms with van der Waals surface area (Å²) < 4.78 is 24.9. The molecule has 2 N–H and O–H groups in total. The normalized spacial score (nSPS) is 22.9. The van der Waals surface area contributed by atoms with Gasteiger partial charge in [0.25, 0.3) is 6.43 Å². The number of carbonyl (C=O) groups is 2. The van der Waals surface area contributed by atoms with Gasteiger partial charge in [0, 0.05) is 13.1 Å². The molecule has 0 bridgehead atoms. The average molecular weight is 294 g/mol. The van der Waals surface area contributed by atoms with Crippen molar-refractivity contribution in [3.05, 3.63) is 0 Å². The van der Waals surface area contributed by atoms with E-state index in [1.165, 1.54) is 0 Å². The second kappa shape index (κ2) is 7.37. The van der Waals surface area contributed by atoms with Gasteiger partial charge in [0.2, 0.25) is 0 Å². The molecule has 20 heavy (non-hydrogen) atoms. The predicted octanol–water partition coefficient (Wildman–Crippen LogP) is 0.851. The monoisotopic (exact) mass is 294 g/mol. The molecule has 0 spiro atoms. The Morgan fingerprint density at radius 3 is 2.60 bits per heavy atom. The number of carboxylic acids is 1. The summed E-state index contributed by atoms with van der Waals surface area (Å²) in [5, 5.41) is 18.1. The third-order valence-electron chi connectivity index (χ3n) is 3.43. The minimum Gasteiger partial charge on any atom is -0.480 e. The first-order valence-electron chi connectivity index (χ1n) is 6.55. The van der Waals surface area contributed by atoms with Gasteiger partial charge in [-0.1, -0.05) is 6.92 Å². The maximum atomic E-state index is 12.5. The van der Waals surface area contributed by atoms with Crippen LogP contribution in [0, 0.1) is 5.92 Å². The molecule has 0 aliphatic carbocycles. The van der Waals surface area contributed by atoms with Gasteiger partial charge in [0.1, 0.15) is 6.04 Å². The molecule has 0 aromatic rings. The highest BCUT2D eigenvalue weighted by atomic mass is 19.3. The molecule has 2 atom stereocenters. The first-order chi connectivity index (χ1) is 9.38. The first-order valence-corrected chi connectivity index (χ1v) is 6.55. The van der Waals surface area contributed by atoms with Crippen LogP contribution in [-0.2, 0) is 4.79 Å². The number of aliphatic hydroxyl groups excluding tert-OH is 1. The van der Waals surface area contributed by atoms with E-state index in [9.17, 15) is 23.5 Å². The molecule has 2 unspecified atom stereocenters. The largest absolute Gasteiger partial charge is 0.480 e. The van der Waals surface area contributed by atoms with Gasteiger partial charge in [-0.15, -0.1) is 0 Å². The van der Waals surface area contributed by atoms with Crippen LogP contribution in [0.5, 0.6) is 0 Å². The molecule has 1 aliphatic heterocycles. The SMILES string of the molecule is CC1CCCN(C(=O)N(CCO)CC(F)F)C1C(=O)O. The Morgan fingerprint density at radius 2 is 2.10 bits per heavy atom. The second-order valence-corrected chi connectivity index (χ2v) is 4.94. The number of piperidine rings is 1. The highest BCUT2D eigenvalue weighted by molar-refractivity contribution is 5.83. The van der Waals surface area contributed by atoms with Gasteiger partial charge in [0.05, 0.1) is 13.2 Å². The number of aliphatic carboxylic acids is 1. The molecule has 0 saturated carbocycles. The maximum absolute atomic E-state index is 12.5. The Bertz CT molecular complexity index is 354. The second-order valence-electron chi connectivity index (χ2n) is 4.94. The van der Waals surface area contributed by atoms with Gasteiger partial charge in [-0.25, -0.2) is 18.4 Å². The fraction of sp³-hybridized carbons (Fsp3) is 0.833. The molecule has 6 nitrogen and oxygen atoms in total. The molecule has 1 saturated heterocycles. The summed E-state index contributed by atoms with van der Waals surface area (Å²) in [6.45, 7) is 0.462. The summed E-state index contributed by atoms with van der Waals surface area (Å²) in [6, 6.07) is -1.76. The van der Waals surface area contributed by atoms with Crippen LogP contribution in [0.15, 0.2) is 0 Å². The number of aliphatic hydroxyl groups is 1. The fourth-order valence-electron chi connectivity index (χ4n) is 2.51. The Hall–Kier alpha value is -1.44. The lowest BCUT2D eigenvalue weighted by atomic mass is 9.91. The lowest BCUT2D eigenvalue weighted by Gasteiger charge is -2.39. The first kappa shape index (κ1) is 16.6. The molecule has 1 aliphatic rings. The van der Waals surface area contributed by atoms with E-state index in [-0.39, 0.29) is 19.0 Å². The number of hydrogen-bond donors (Lipinski definition) is 2. The lowest BCUT2D eigenvalue weighted by molar-refractivity contribution is -0.145. The number of nitrogens with zero attached hydrogens (tertiary/aromatic N) is 2. The Morgan fingerprint density at radius 1 is 1.45 bits per heavy atom. The molecule has 1 heterocycles. The number of amides is 2. The van der Waals surface area contributed by atoms with Crippen molar-refractivity contribution < 1.29 is 28.6 Å². The molecular weight excluding hydrogens is 274 g/mol. The summed E-state index contributed by atoms with van der Waals surface area (Å²) >= 11 is 0. The standard InChI is InChI=1S/C12H20F2N2O4/c1-8-3-2-4-16(10(8)11(18)19)12(20)15(5-6-17)7-9(13)14/h8-10,17H,2-7H2,1H3,(H,18,19). The number of likely N-dealkylation sites (tertiary alicyclic amines) is 1. The number of urea groups is 1. The maximum Gasteiger partial charge on any atom is 0.326 e. The van der Waals surface area contributed by atoms with Crippen molar-refractivity contribution in [2.24, 2.45) is 5.92 Å². The van der Waals surface area contributed by atoms with Crippen LogP contribution in [0.3, 0.4) is 0 Å². The summed E-state index contributed by atoms with van der Waals surface area (Å²) in [7, 11) is 0. The third-order valence-corrected chi connectivity index (χ3v) is 3.43. The van der Waals surface area contributed by atoms with Gasteiger partial charge in [-0.2, -0.15) is 0 Å². The topological polar surface area (TPSA) is 81.1 Å². The van der Waals surface area contributed by atoms with Crippen LogP contribution in [0.1, 0.15) is 19.8 Å². The molecule has 1 fully saturated rings. The third kappa shape index (κ3) is 4.03. The smallest absolute Gasteiger partial charge is 0.326 e. The molecule has 0 aromatic carbocycles. The zero-order chi connectivity index (χ0) is 15.3. The van der Waals surface area contributed by atoms with Crippen molar-refractivity contribution in [1.29, 1.82) is 0 Å². The highest BCUT2D eigenvalue weighted by Gasteiger charge is 2.39. The number of carbonyl (C=O) groups excluding carboxylic acids is 1. The van der Waals surface area contributed by atoms with E-state index in [4.69, 9.17) is 5.11 Å². The lowest BCUT2D eigenvalue weighted by Crippen LogP contribution is -2.56. The van der Waals surface area contributed by atoms with Crippen molar-refractivity contribution in [2.75, 3.05) is 26.2 Å². The van der Waals surface area contributed by atoms with Crippen molar-refractivity contribution in [1.82, 2.24) is 9.80 Å². The van der Waals surface area contributed by atoms with Crippen molar-refractivity contribution in [3.63, 3.8) is 0 Å². The Labute approximate surface area is 116 Å². The van der Waals surface area contributed by atoms with Crippen molar-refractivity contribution in [2.45, 2.75) is 32.2 Å². The van der Waals surface area contributed by atoms with E-state index in [0.717, 1.165) is 9.80 Å². The van der Waals surface area contributed by atoms with Crippen LogP contribution in [0.2, 0.25) is 0 Å². The summed E-state index contributed by atoms with van der Waals surface area (Å²) in [6.07, 6.45) is -1.41. The zero-order valence-corrected chi connectivity index (χ0v) is 11.3. The van der Waals surface area contributed by atoms with Crippen molar-refractivity contribution in [3.8, 4) is 0 Å². The Balaban J connectivity index is 2.86. The zero-order valence-electron chi connectivity index (χ0n) is 11.3. The van der Waals surface area contributed by atoms with Crippen LogP contribution in [-0.4, -0.2) is 70.7 Å². The minimum absolute atomic E-state index is 0.227. The van der Waals surface area contributed by atoms with E-state index < -0.39 is 37.6 Å². The van der Waals surface area contributed by atoms with Crippen LogP contribution < -0.4 is 0 Å². The number of alkyl halides is 2. The highest BCUT2D eigenvalue weighted by Crippen LogP contribution is 2.24. The van der Waals surface area contributed by atoms with Crippen LogP contribution in [0.4, 0.5) is 13.6 Å². The summed E-state index contributed by atoms with van der Waals surface area (Å²) in [4.78, 5) is 25.4. The number of rotatable bonds is 5. The molecule has 0 radical (unpaired) electrons. The van der Waals surface area contributed by atoms with E-state index >= 15 is 0 Å². The van der Waals surface area contributed by atoms with E-state index in [1.807, 2.05) is 0 Å². The van der Waals surface area contributed by atoms with E-state index in [2.05, 4.69) is 0 Å². The fourth-order valence-corrected chi connectivity index (χ4v) is 2.51. The Kier molecular flexibility index (Phi) is 6.12. The number of halogens is 2. The van der Waals surface area contributed by atoms with Gasteiger partial charge in [-0.3, -0.25) is 0 Å². The van der Waals surface area contributed by atoms with Gasteiger partial charge >= 0.3 is 12.0 Å². The molecule has 1 rings (SSSR count).